The van der Waals surface area contributed by atoms with Crippen LogP contribution in [0.4, 0.5) is 0 Å². The number of carbonyl (C=O) groups is 2. The molecule has 1 aromatic carbocycles. The van der Waals surface area contributed by atoms with Gasteiger partial charge in [0.05, 0.1) is 6.42 Å². The lowest BCUT2D eigenvalue weighted by atomic mass is 9.78. The van der Waals surface area contributed by atoms with E-state index in [2.05, 4.69) is 10.1 Å². The van der Waals surface area contributed by atoms with Gasteiger partial charge >= 0.3 is 0 Å². The third-order valence-electron chi connectivity index (χ3n) is 3.55. The topological polar surface area (TPSA) is 64.8 Å². The number of carbonyl (C=O) groups excluding carboxylic acids is 2. The highest BCUT2D eigenvalue weighted by Crippen LogP contribution is 2.37. The van der Waals surface area contributed by atoms with Crippen molar-refractivity contribution in [2.24, 2.45) is 0 Å². The number of halogens is 1. The number of hydrogen-bond acceptors (Lipinski definition) is 4. The van der Waals surface area contributed by atoms with Crippen molar-refractivity contribution in [1.29, 1.82) is 0 Å². The third-order valence-corrected chi connectivity index (χ3v) is 3.80. The van der Waals surface area contributed by atoms with Gasteiger partial charge in [-0.2, -0.15) is 5.10 Å². The van der Waals surface area contributed by atoms with Crippen molar-refractivity contribution in [3.8, 4) is 0 Å². The summed E-state index contributed by atoms with van der Waals surface area (Å²) in [5, 5.41) is 4.68. The molecular formula is C14H12ClN3O2. The maximum atomic E-state index is 12.2. The molecule has 1 fully saturated rings. The Morgan fingerprint density at radius 1 is 1.20 bits per heavy atom. The standard InChI is InChI=1S/C14H12ClN3O2/c15-10-3-1-9(2-4-10)12-5-11(19)6-13(20)14(12)18-8-16-7-17-18/h1-4,7-8,12,14H,5-6H2/t12-,14+/m0/s1. The van der Waals surface area contributed by atoms with E-state index >= 15 is 0 Å². The molecule has 0 unspecified atom stereocenters. The molecule has 2 atom stereocenters. The zero-order chi connectivity index (χ0) is 14.1. The minimum atomic E-state index is -0.476. The van der Waals surface area contributed by atoms with Gasteiger partial charge in [0.25, 0.3) is 0 Å². The first kappa shape index (κ1) is 13.0. The summed E-state index contributed by atoms with van der Waals surface area (Å²) in [6.07, 6.45) is 3.20. The first-order valence-corrected chi connectivity index (χ1v) is 6.67. The molecule has 1 saturated carbocycles. The molecule has 0 saturated heterocycles. The second-order valence-electron chi connectivity index (χ2n) is 4.86. The zero-order valence-electron chi connectivity index (χ0n) is 10.6. The van der Waals surface area contributed by atoms with Crippen molar-refractivity contribution in [3.63, 3.8) is 0 Å². The van der Waals surface area contributed by atoms with E-state index in [9.17, 15) is 9.59 Å². The van der Waals surface area contributed by atoms with Gasteiger partial charge in [-0.1, -0.05) is 23.7 Å². The molecule has 6 heteroatoms. The zero-order valence-corrected chi connectivity index (χ0v) is 11.3. The van der Waals surface area contributed by atoms with Crippen LogP contribution < -0.4 is 0 Å². The van der Waals surface area contributed by atoms with Gasteiger partial charge < -0.3 is 0 Å². The summed E-state index contributed by atoms with van der Waals surface area (Å²) in [7, 11) is 0. The number of ketones is 2. The largest absolute Gasteiger partial charge is 0.299 e. The average Bonchev–Trinajstić information content (AvgIpc) is 2.92. The Balaban J connectivity index is 2.01. The van der Waals surface area contributed by atoms with Crippen molar-refractivity contribution >= 4 is 23.2 Å². The maximum Gasteiger partial charge on any atom is 0.165 e. The Morgan fingerprint density at radius 3 is 2.60 bits per heavy atom. The maximum absolute atomic E-state index is 12.2. The van der Waals surface area contributed by atoms with Crippen LogP contribution in [0.2, 0.25) is 5.02 Å². The van der Waals surface area contributed by atoms with Crippen LogP contribution >= 0.6 is 11.6 Å². The van der Waals surface area contributed by atoms with Crippen LogP contribution in [0, 0.1) is 0 Å². The van der Waals surface area contributed by atoms with Crippen LogP contribution in [-0.4, -0.2) is 26.3 Å². The summed E-state index contributed by atoms with van der Waals surface area (Å²) >= 11 is 5.88. The van der Waals surface area contributed by atoms with Crippen molar-refractivity contribution < 1.29 is 9.59 Å². The molecule has 0 bridgehead atoms. The molecule has 5 nitrogen and oxygen atoms in total. The predicted molar refractivity (Wildman–Crippen MR) is 72.5 cm³/mol. The van der Waals surface area contributed by atoms with Crippen LogP contribution in [0.3, 0.4) is 0 Å². The summed E-state index contributed by atoms with van der Waals surface area (Å²) in [6, 6.07) is 6.75. The Morgan fingerprint density at radius 2 is 1.95 bits per heavy atom. The molecule has 0 N–H and O–H groups in total. The first-order valence-electron chi connectivity index (χ1n) is 6.29. The van der Waals surface area contributed by atoms with E-state index in [0.29, 0.717) is 11.4 Å². The minimum absolute atomic E-state index is 0.0331. The first-order chi connectivity index (χ1) is 9.65. The van der Waals surface area contributed by atoms with E-state index in [1.807, 2.05) is 12.1 Å². The normalized spacial score (nSPS) is 23.1. The highest BCUT2D eigenvalue weighted by atomic mass is 35.5. The molecule has 1 aromatic heterocycles. The summed E-state index contributed by atoms with van der Waals surface area (Å²) in [5.41, 5.74) is 0.913. The fourth-order valence-corrected chi connectivity index (χ4v) is 2.78. The molecule has 1 aliphatic rings. The van der Waals surface area contributed by atoms with E-state index in [1.165, 1.54) is 17.3 Å². The fourth-order valence-electron chi connectivity index (χ4n) is 2.66. The molecule has 1 heterocycles. The van der Waals surface area contributed by atoms with Gasteiger partial charge in [0, 0.05) is 17.4 Å². The lowest BCUT2D eigenvalue weighted by molar-refractivity contribution is -0.133. The van der Waals surface area contributed by atoms with Gasteiger partial charge in [0.2, 0.25) is 0 Å². The monoisotopic (exact) mass is 289 g/mol. The van der Waals surface area contributed by atoms with Gasteiger partial charge in [0.1, 0.15) is 24.5 Å². The number of benzene rings is 1. The van der Waals surface area contributed by atoms with Crippen LogP contribution in [-0.2, 0) is 9.59 Å². The smallest absolute Gasteiger partial charge is 0.165 e. The van der Waals surface area contributed by atoms with E-state index < -0.39 is 6.04 Å². The van der Waals surface area contributed by atoms with E-state index in [0.717, 1.165) is 5.56 Å². The van der Waals surface area contributed by atoms with Crippen LogP contribution in [0.5, 0.6) is 0 Å². The van der Waals surface area contributed by atoms with Crippen molar-refractivity contribution in [2.75, 3.05) is 0 Å². The van der Waals surface area contributed by atoms with E-state index in [1.54, 1.807) is 12.1 Å². The Bertz CT molecular complexity index is 637. The van der Waals surface area contributed by atoms with Crippen molar-refractivity contribution in [2.45, 2.75) is 24.8 Å². The Hall–Kier alpha value is -2.01. The van der Waals surface area contributed by atoms with Gasteiger partial charge in [-0.25, -0.2) is 9.67 Å². The molecule has 3 rings (SSSR count). The Labute approximate surface area is 120 Å². The second kappa shape index (κ2) is 5.17. The van der Waals surface area contributed by atoms with Crippen LogP contribution in [0.1, 0.15) is 30.4 Å². The van der Waals surface area contributed by atoms with E-state index in [4.69, 9.17) is 11.6 Å². The lowest BCUT2D eigenvalue weighted by Crippen LogP contribution is -2.34. The van der Waals surface area contributed by atoms with Gasteiger partial charge in [0.15, 0.2) is 5.78 Å². The van der Waals surface area contributed by atoms with Crippen LogP contribution in [0.25, 0.3) is 0 Å². The number of hydrogen-bond donors (Lipinski definition) is 0. The molecule has 2 aromatic rings. The highest BCUT2D eigenvalue weighted by molar-refractivity contribution is 6.30. The lowest BCUT2D eigenvalue weighted by Gasteiger charge is -2.29. The number of Topliss-reactive ketones (excluding diaryl/α,β-unsaturated/α-hetero) is 2. The molecule has 0 amide bonds. The quantitative estimate of drug-likeness (QED) is 0.795. The number of nitrogens with zero attached hydrogens (tertiary/aromatic N) is 3. The fraction of sp³-hybridized carbons (Fsp3) is 0.286. The van der Waals surface area contributed by atoms with Crippen LogP contribution in [0.15, 0.2) is 36.9 Å². The van der Waals surface area contributed by atoms with E-state index in [-0.39, 0.29) is 23.9 Å². The SMILES string of the molecule is O=C1CC(=O)[C@H](n2cncn2)[C@H](c2ccc(Cl)cc2)C1. The van der Waals surface area contributed by atoms with Gasteiger partial charge in [-0.15, -0.1) is 0 Å². The Kier molecular flexibility index (Phi) is 3.36. The number of aromatic nitrogens is 3. The number of rotatable bonds is 2. The second-order valence-corrected chi connectivity index (χ2v) is 5.30. The minimum Gasteiger partial charge on any atom is -0.299 e. The molecular weight excluding hydrogens is 278 g/mol. The molecule has 0 spiro atoms. The third kappa shape index (κ3) is 2.36. The van der Waals surface area contributed by atoms with Gasteiger partial charge in [-0.3, -0.25) is 9.59 Å². The summed E-state index contributed by atoms with van der Waals surface area (Å²) in [5.74, 6) is -0.374. The average molecular weight is 290 g/mol. The molecule has 20 heavy (non-hydrogen) atoms. The summed E-state index contributed by atoms with van der Waals surface area (Å²) < 4.78 is 1.54. The summed E-state index contributed by atoms with van der Waals surface area (Å²) in [4.78, 5) is 27.9. The molecule has 0 radical (unpaired) electrons. The highest BCUT2D eigenvalue weighted by Gasteiger charge is 2.38. The van der Waals surface area contributed by atoms with Crippen molar-refractivity contribution in [3.05, 3.63) is 47.5 Å². The van der Waals surface area contributed by atoms with Crippen molar-refractivity contribution in [1.82, 2.24) is 14.8 Å². The molecule has 0 aliphatic heterocycles. The van der Waals surface area contributed by atoms with Gasteiger partial charge in [-0.05, 0) is 17.7 Å². The molecule has 1 aliphatic carbocycles. The predicted octanol–water partition coefficient (Wildman–Crippen LogP) is 2.19. The molecule has 102 valence electrons. The summed E-state index contributed by atoms with van der Waals surface area (Å²) in [6.45, 7) is 0.